The second-order valence-corrected chi connectivity index (χ2v) is 4.03. The Morgan fingerprint density at radius 1 is 1.44 bits per heavy atom. The summed E-state index contributed by atoms with van der Waals surface area (Å²) in [5, 5.41) is 0. The molecular weight excluding hydrogens is 135 g/mol. The van der Waals surface area contributed by atoms with Crippen molar-refractivity contribution in [3.8, 4) is 0 Å². The molecule has 0 aromatic carbocycles. The van der Waals surface area contributed by atoms with E-state index < -0.39 is 0 Å². The summed E-state index contributed by atoms with van der Waals surface area (Å²) in [4.78, 5) is 0. The molecule has 0 rings (SSSR count). The molecule has 0 heterocycles. The van der Waals surface area contributed by atoms with Gasteiger partial charge in [-0.15, -0.1) is 0 Å². The van der Waals surface area contributed by atoms with Crippen LogP contribution in [0.4, 0.5) is 4.39 Å². The molecule has 0 aliphatic heterocycles. The first-order valence-corrected chi connectivity index (χ1v) is 4.57. The van der Waals surface area contributed by atoms with Crippen molar-refractivity contribution < 1.29 is 4.39 Å². The molecule has 0 nitrogen and oxygen atoms in total. The molecule has 0 saturated heterocycles. The van der Waals surface area contributed by atoms with Crippen LogP contribution >= 0.6 is 11.8 Å². The van der Waals surface area contributed by atoms with E-state index in [2.05, 4.69) is 0 Å². The van der Waals surface area contributed by atoms with Gasteiger partial charge in [-0.25, -0.2) is 0 Å². The normalized spacial score (nSPS) is 12.0. The molecule has 0 spiro atoms. The van der Waals surface area contributed by atoms with Gasteiger partial charge in [0.2, 0.25) is 0 Å². The minimum atomic E-state index is -0.201. The van der Waals surface area contributed by atoms with Gasteiger partial charge < -0.3 is 0 Å². The van der Waals surface area contributed by atoms with Gasteiger partial charge in [-0.1, -0.05) is 13.8 Å². The lowest BCUT2D eigenvalue weighted by Crippen LogP contribution is -2.14. The highest BCUT2D eigenvalue weighted by Gasteiger charge is 2.15. The molecule has 0 aliphatic rings. The lowest BCUT2D eigenvalue weighted by atomic mass is 9.92. The maximum absolute atomic E-state index is 12.1. The summed E-state index contributed by atoms with van der Waals surface area (Å²) in [6.07, 6.45) is 3.03. The second-order valence-electron chi connectivity index (χ2n) is 3.04. The molecule has 0 radical (unpaired) electrons. The zero-order chi connectivity index (χ0) is 7.33. The lowest BCUT2D eigenvalue weighted by Gasteiger charge is -2.18. The Labute approximate surface area is 61.2 Å². The second kappa shape index (κ2) is 4.15. The maximum atomic E-state index is 12.1. The Morgan fingerprint density at radius 2 is 2.00 bits per heavy atom. The van der Waals surface area contributed by atoms with Gasteiger partial charge in [0.05, 0.1) is 6.67 Å². The van der Waals surface area contributed by atoms with Gasteiger partial charge in [-0.05, 0) is 23.8 Å². The SMILES string of the molecule is CSCCC(C)(C)CF. The van der Waals surface area contributed by atoms with E-state index in [4.69, 9.17) is 0 Å². The lowest BCUT2D eigenvalue weighted by molar-refractivity contribution is 0.251. The number of thioether (sulfide) groups is 1. The Morgan fingerprint density at radius 3 is 2.33 bits per heavy atom. The highest BCUT2D eigenvalue weighted by Crippen LogP contribution is 2.22. The molecule has 0 fully saturated rings. The third kappa shape index (κ3) is 4.76. The summed E-state index contributed by atoms with van der Waals surface area (Å²) in [5.41, 5.74) is -0.0942. The van der Waals surface area contributed by atoms with Crippen LogP contribution < -0.4 is 0 Å². The maximum Gasteiger partial charge on any atom is 0.0945 e. The molecule has 9 heavy (non-hydrogen) atoms. The fourth-order valence-electron chi connectivity index (χ4n) is 0.445. The zero-order valence-electron chi connectivity index (χ0n) is 6.41. The molecule has 0 aromatic heterocycles. The topological polar surface area (TPSA) is 0 Å². The van der Waals surface area contributed by atoms with Crippen molar-refractivity contribution in [2.45, 2.75) is 20.3 Å². The van der Waals surface area contributed by atoms with E-state index in [1.807, 2.05) is 20.1 Å². The largest absolute Gasteiger partial charge is 0.251 e. The van der Waals surface area contributed by atoms with Crippen molar-refractivity contribution in [1.82, 2.24) is 0 Å². The summed E-state index contributed by atoms with van der Waals surface area (Å²) in [7, 11) is 0. The predicted molar refractivity (Wildman–Crippen MR) is 42.8 cm³/mol. The van der Waals surface area contributed by atoms with E-state index in [9.17, 15) is 4.39 Å². The van der Waals surface area contributed by atoms with E-state index in [0.29, 0.717) is 0 Å². The Balaban J connectivity index is 3.33. The van der Waals surface area contributed by atoms with Gasteiger partial charge in [-0.2, -0.15) is 11.8 Å². The molecule has 0 aromatic rings. The zero-order valence-corrected chi connectivity index (χ0v) is 7.22. The van der Waals surface area contributed by atoms with Gasteiger partial charge in [0.15, 0.2) is 0 Å². The van der Waals surface area contributed by atoms with Crippen LogP contribution in [0.25, 0.3) is 0 Å². The number of hydrogen-bond donors (Lipinski definition) is 0. The Hall–Kier alpha value is 0.280. The van der Waals surface area contributed by atoms with Crippen molar-refractivity contribution in [1.29, 1.82) is 0 Å². The molecule has 56 valence electrons. The fraction of sp³-hybridized carbons (Fsp3) is 1.00. The molecule has 0 aliphatic carbocycles. The van der Waals surface area contributed by atoms with Crippen LogP contribution in [0.3, 0.4) is 0 Å². The van der Waals surface area contributed by atoms with Crippen molar-refractivity contribution in [2.24, 2.45) is 5.41 Å². The molecule has 0 amide bonds. The monoisotopic (exact) mass is 150 g/mol. The number of halogens is 1. The van der Waals surface area contributed by atoms with Crippen molar-refractivity contribution >= 4 is 11.8 Å². The summed E-state index contributed by atoms with van der Waals surface area (Å²) in [6.45, 7) is 3.72. The highest BCUT2D eigenvalue weighted by molar-refractivity contribution is 7.98. The Kier molecular flexibility index (Phi) is 4.28. The quantitative estimate of drug-likeness (QED) is 0.594. The number of rotatable bonds is 4. The molecule has 0 atom stereocenters. The summed E-state index contributed by atoms with van der Waals surface area (Å²) >= 11 is 1.78. The van der Waals surface area contributed by atoms with Gasteiger partial charge in [0.25, 0.3) is 0 Å². The van der Waals surface area contributed by atoms with E-state index in [0.717, 1.165) is 12.2 Å². The van der Waals surface area contributed by atoms with Gasteiger partial charge in [0, 0.05) is 0 Å². The predicted octanol–water partition coefficient (Wildman–Crippen LogP) is 2.74. The van der Waals surface area contributed by atoms with Crippen LogP contribution in [0.2, 0.25) is 0 Å². The molecule has 2 heteroatoms. The third-order valence-corrected chi connectivity index (χ3v) is 1.96. The standard InChI is InChI=1S/C7H15FS/c1-7(2,6-8)4-5-9-3/h4-6H2,1-3H3. The third-order valence-electron chi connectivity index (χ3n) is 1.34. The number of hydrogen-bond acceptors (Lipinski definition) is 1. The molecular formula is C7H15FS. The summed E-state index contributed by atoms with van der Waals surface area (Å²) in [6, 6.07) is 0. The van der Waals surface area contributed by atoms with E-state index in [-0.39, 0.29) is 12.1 Å². The van der Waals surface area contributed by atoms with Crippen LogP contribution in [-0.2, 0) is 0 Å². The first-order chi connectivity index (χ1) is 4.12. The number of alkyl halides is 1. The molecule has 0 bridgehead atoms. The first-order valence-electron chi connectivity index (χ1n) is 3.17. The molecule has 0 unspecified atom stereocenters. The van der Waals surface area contributed by atoms with E-state index in [1.165, 1.54) is 0 Å². The van der Waals surface area contributed by atoms with Crippen LogP contribution in [-0.4, -0.2) is 18.7 Å². The van der Waals surface area contributed by atoms with E-state index in [1.54, 1.807) is 11.8 Å². The molecule has 0 N–H and O–H groups in total. The average Bonchev–Trinajstić information content (AvgIpc) is 1.84. The minimum Gasteiger partial charge on any atom is -0.251 e. The van der Waals surface area contributed by atoms with Crippen LogP contribution in [0.15, 0.2) is 0 Å². The highest BCUT2D eigenvalue weighted by atomic mass is 32.2. The summed E-state index contributed by atoms with van der Waals surface area (Å²) in [5.74, 6) is 1.07. The van der Waals surface area contributed by atoms with Gasteiger partial charge >= 0.3 is 0 Å². The smallest absolute Gasteiger partial charge is 0.0945 e. The minimum absolute atomic E-state index is 0.0942. The van der Waals surface area contributed by atoms with Gasteiger partial charge in [-0.3, -0.25) is 4.39 Å². The Bertz CT molecular complexity index is 71.3. The van der Waals surface area contributed by atoms with Crippen LogP contribution in [0, 0.1) is 5.41 Å². The van der Waals surface area contributed by atoms with Crippen molar-refractivity contribution in [3.63, 3.8) is 0 Å². The van der Waals surface area contributed by atoms with Gasteiger partial charge in [0.1, 0.15) is 0 Å². The fourth-order valence-corrected chi connectivity index (χ4v) is 1.20. The molecule has 0 saturated carbocycles. The van der Waals surface area contributed by atoms with Crippen molar-refractivity contribution in [2.75, 3.05) is 18.7 Å². The van der Waals surface area contributed by atoms with Crippen LogP contribution in [0.5, 0.6) is 0 Å². The average molecular weight is 150 g/mol. The first kappa shape index (κ1) is 9.28. The van der Waals surface area contributed by atoms with Crippen LogP contribution in [0.1, 0.15) is 20.3 Å². The summed E-state index contributed by atoms with van der Waals surface area (Å²) < 4.78 is 12.1. The van der Waals surface area contributed by atoms with E-state index >= 15 is 0 Å². The van der Waals surface area contributed by atoms with Crippen molar-refractivity contribution in [3.05, 3.63) is 0 Å².